The van der Waals surface area contributed by atoms with Crippen LogP contribution in [0.2, 0.25) is 0 Å². The van der Waals surface area contributed by atoms with Crippen molar-refractivity contribution in [2.24, 2.45) is 5.10 Å². The van der Waals surface area contributed by atoms with Crippen molar-refractivity contribution in [1.82, 2.24) is 5.43 Å². The molecule has 0 aromatic heterocycles. The van der Waals surface area contributed by atoms with Crippen LogP contribution in [0, 0.1) is 6.92 Å². The molecule has 0 radical (unpaired) electrons. The molecule has 0 aliphatic carbocycles. The molecule has 9 nitrogen and oxygen atoms in total. The van der Waals surface area contributed by atoms with Gasteiger partial charge in [-0.15, -0.1) is 0 Å². The zero-order valence-corrected chi connectivity index (χ0v) is 20.6. The average molecular weight is 499 g/mol. The summed E-state index contributed by atoms with van der Waals surface area (Å²) in [5.41, 5.74) is 4.25. The van der Waals surface area contributed by atoms with Gasteiger partial charge < -0.3 is 18.4 Å². The summed E-state index contributed by atoms with van der Waals surface area (Å²) in [5.74, 6) is 0.736. The first-order chi connectivity index (χ1) is 16.8. The lowest BCUT2D eigenvalue weighted by Gasteiger charge is -2.11. The first-order valence-electron chi connectivity index (χ1n) is 10.6. The largest absolute Gasteiger partial charge is 0.493 e. The van der Waals surface area contributed by atoms with Gasteiger partial charge in [-0.3, -0.25) is 4.79 Å². The molecule has 0 saturated carbocycles. The number of amides is 1. The lowest BCUT2D eigenvalue weighted by Crippen LogP contribution is -2.17. The number of aryl methyl sites for hydroxylation is 1. The molecule has 0 aliphatic rings. The van der Waals surface area contributed by atoms with Gasteiger partial charge in [0.05, 0.1) is 27.0 Å². The lowest BCUT2D eigenvalue weighted by atomic mass is 10.2. The monoisotopic (exact) mass is 498 g/mol. The minimum Gasteiger partial charge on any atom is -0.493 e. The molecule has 0 unspecified atom stereocenters. The molecule has 3 rings (SSSR count). The SMILES string of the molecule is CCOc1ccc(C(=O)N/N=C/c2ccc(OS(=O)(=O)c3ccc(C)cc3)c(OC)c2)cc1OC. The number of nitrogens with one attached hydrogen (secondary N) is 1. The maximum Gasteiger partial charge on any atom is 0.339 e. The molecule has 0 heterocycles. The van der Waals surface area contributed by atoms with Crippen molar-refractivity contribution in [3.8, 4) is 23.0 Å². The van der Waals surface area contributed by atoms with Crippen LogP contribution >= 0.6 is 0 Å². The van der Waals surface area contributed by atoms with Crippen LogP contribution in [0.1, 0.15) is 28.4 Å². The molecule has 1 amide bonds. The van der Waals surface area contributed by atoms with Crippen molar-refractivity contribution in [2.45, 2.75) is 18.7 Å². The first kappa shape index (κ1) is 25.6. The Morgan fingerprint density at radius 1 is 0.914 bits per heavy atom. The Balaban J connectivity index is 1.71. The Morgan fingerprint density at radius 2 is 1.57 bits per heavy atom. The van der Waals surface area contributed by atoms with E-state index >= 15 is 0 Å². The summed E-state index contributed by atoms with van der Waals surface area (Å²) in [7, 11) is -1.15. The molecule has 0 bridgehead atoms. The first-order valence-corrected chi connectivity index (χ1v) is 12.0. The number of ether oxygens (including phenoxy) is 3. The van der Waals surface area contributed by atoms with E-state index in [0.29, 0.717) is 29.2 Å². The summed E-state index contributed by atoms with van der Waals surface area (Å²) >= 11 is 0. The Morgan fingerprint density at radius 3 is 2.23 bits per heavy atom. The molecular weight excluding hydrogens is 472 g/mol. The van der Waals surface area contributed by atoms with E-state index in [1.807, 2.05) is 13.8 Å². The predicted molar refractivity (Wildman–Crippen MR) is 131 cm³/mol. The van der Waals surface area contributed by atoms with Crippen LogP contribution in [-0.2, 0) is 10.1 Å². The topological polar surface area (TPSA) is 113 Å². The second-order valence-electron chi connectivity index (χ2n) is 7.26. The van der Waals surface area contributed by atoms with Crippen molar-refractivity contribution >= 4 is 22.2 Å². The summed E-state index contributed by atoms with van der Waals surface area (Å²) in [6, 6.07) is 15.7. The minimum atomic E-state index is -4.04. The number of carbonyl (C=O) groups excluding carboxylic acids is 1. The third kappa shape index (κ3) is 6.51. The molecule has 3 aromatic rings. The number of hydrogen-bond donors (Lipinski definition) is 1. The molecule has 3 aromatic carbocycles. The molecule has 1 N–H and O–H groups in total. The molecule has 184 valence electrons. The van der Waals surface area contributed by atoms with Crippen molar-refractivity contribution in [2.75, 3.05) is 20.8 Å². The molecule has 0 atom stereocenters. The van der Waals surface area contributed by atoms with E-state index < -0.39 is 16.0 Å². The van der Waals surface area contributed by atoms with Crippen LogP contribution in [0.4, 0.5) is 0 Å². The number of rotatable bonds is 10. The van der Waals surface area contributed by atoms with Gasteiger partial charge in [0.2, 0.25) is 0 Å². The van der Waals surface area contributed by atoms with Crippen LogP contribution in [0.5, 0.6) is 23.0 Å². The number of benzene rings is 3. The van der Waals surface area contributed by atoms with Gasteiger partial charge in [0.1, 0.15) is 4.90 Å². The number of methoxy groups -OCH3 is 2. The maximum atomic E-state index is 12.6. The quantitative estimate of drug-likeness (QED) is 0.256. The summed E-state index contributed by atoms with van der Waals surface area (Å²) in [6.45, 7) is 4.18. The van der Waals surface area contributed by atoms with E-state index in [1.165, 1.54) is 44.7 Å². The van der Waals surface area contributed by atoms with Crippen LogP contribution in [0.15, 0.2) is 70.7 Å². The highest BCUT2D eigenvalue weighted by Gasteiger charge is 2.19. The highest BCUT2D eigenvalue weighted by Crippen LogP contribution is 2.31. The van der Waals surface area contributed by atoms with Gasteiger partial charge in [-0.25, -0.2) is 5.43 Å². The highest BCUT2D eigenvalue weighted by atomic mass is 32.2. The predicted octanol–water partition coefficient (Wildman–Crippen LogP) is 3.94. The van der Waals surface area contributed by atoms with Gasteiger partial charge >= 0.3 is 10.1 Å². The fraction of sp³-hybridized carbons (Fsp3) is 0.200. The van der Waals surface area contributed by atoms with Gasteiger partial charge in [0.15, 0.2) is 23.0 Å². The molecule has 35 heavy (non-hydrogen) atoms. The Hall–Kier alpha value is -4.05. The molecule has 0 spiro atoms. The third-order valence-corrected chi connectivity index (χ3v) is 6.05. The van der Waals surface area contributed by atoms with E-state index in [4.69, 9.17) is 18.4 Å². The van der Waals surface area contributed by atoms with Gasteiger partial charge in [-0.2, -0.15) is 13.5 Å². The zero-order valence-electron chi connectivity index (χ0n) is 19.8. The third-order valence-electron chi connectivity index (χ3n) is 4.80. The summed E-state index contributed by atoms with van der Waals surface area (Å²) in [6.07, 6.45) is 1.39. The standard InChI is InChI=1S/C25H26N2O7S/c1-5-33-21-13-9-19(15-24(21)32-4)25(28)27-26-16-18-8-12-22(23(14-18)31-3)34-35(29,30)20-10-6-17(2)7-11-20/h6-16H,5H2,1-4H3,(H,27,28)/b26-16+. The van der Waals surface area contributed by atoms with Crippen LogP contribution < -0.4 is 23.8 Å². The molecule has 10 heteroatoms. The molecule has 0 fully saturated rings. The zero-order chi connectivity index (χ0) is 25.4. The van der Waals surface area contributed by atoms with Gasteiger partial charge in [0.25, 0.3) is 5.91 Å². The minimum absolute atomic E-state index is 0.0238. The van der Waals surface area contributed by atoms with E-state index in [-0.39, 0.29) is 16.4 Å². The van der Waals surface area contributed by atoms with E-state index in [2.05, 4.69) is 10.5 Å². The van der Waals surface area contributed by atoms with E-state index in [1.54, 1.807) is 36.4 Å². The Labute approximate surface area is 204 Å². The number of carbonyl (C=O) groups is 1. The van der Waals surface area contributed by atoms with Crippen LogP contribution in [0.3, 0.4) is 0 Å². The van der Waals surface area contributed by atoms with Crippen molar-refractivity contribution in [3.05, 3.63) is 77.4 Å². The Bertz CT molecular complexity index is 1320. The summed E-state index contributed by atoms with van der Waals surface area (Å²) < 4.78 is 46.4. The fourth-order valence-corrected chi connectivity index (χ4v) is 3.96. The number of nitrogens with zero attached hydrogens (tertiary/aromatic N) is 1. The van der Waals surface area contributed by atoms with Crippen LogP contribution in [0.25, 0.3) is 0 Å². The summed E-state index contributed by atoms with van der Waals surface area (Å²) in [4.78, 5) is 12.5. The lowest BCUT2D eigenvalue weighted by molar-refractivity contribution is 0.0954. The second-order valence-corrected chi connectivity index (χ2v) is 8.80. The number of hydrogen-bond acceptors (Lipinski definition) is 8. The molecule has 0 aliphatic heterocycles. The van der Waals surface area contributed by atoms with E-state index in [9.17, 15) is 13.2 Å². The molecule has 0 saturated heterocycles. The normalized spacial score (nSPS) is 11.2. The van der Waals surface area contributed by atoms with Gasteiger partial charge in [0, 0.05) is 5.56 Å². The summed E-state index contributed by atoms with van der Waals surface area (Å²) in [5, 5.41) is 3.96. The second kappa shape index (κ2) is 11.4. The van der Waals surface area contributed by atoms with Crippen molar-refractivity contribution in [3.63, 3.8) is 0 Å². The van der Waals surface area contributed by atoms with Crippen molar-refractivity contribution < 1.29 is 31.6 Å². The smallest absolute Gasteiger partial charge is 0.339 e. The van der Waals surface area contributed by atoms with Gasteiger partial charge in [-0.1, -0.05) is 17.7 Å². The van der Waals surface area contributed by atoms with Crippen molar-refractivity contribution in [1.29, 1.82) is 0 Å². The molecular formula is C25H26N2O7S. The van der Waals surface area contributed by atoms with Gasteiger partial charge in [-0.05, 0) is 67.9 Å². The average Bonchev–Trinajstić information content (AvgIpc) is 2.85. The van der Waals surface area contributed by atoms with Crippen LogP contribution in [-0.4, -0.2) is 41.4 Å². The maximum absolute atomic E-state index is 12.6. The highest BCUT2D eigenvalue weighted by molar-refractivity contribution is 7.87. The van der Waals surface area contributed by atoms with E-state index in [0.717, 1.165) is 5.56 Å². The Kier molecular flexibility index (Phi) is 8.32. The number of hydrazone groups is 1. The fourth-order valence-electron chi connectivity index (χ4n) is 3.02.